The maximum atomic E-state index is 9.08. The van der Waals surface area contributed by atoms with E-state index < -0.39 is 0 Å². The SMILES string of the molecule is CC(c1ccsc1)n1cncc1C(N)CO. The van der Waals surface area contributed by atoms with Crippen molar-refractivity contribution in [1.29, 1.82) is 0 Å². The van der Waals surface area contributed by atoms with Gasteiger partial charge in [0.25, 0.3) is 0 Å². The maximum Gasteiger partial charge on any atom is 0.0954 e. The van der Waals surface area contributed by atoms with Gasteiger partial charge in [0.05, 0.1) is 30.7 Å². The minimum atomic E-state index is -0.372. The van der Waals surface area contributed by atoms with Crippen LogP contribution < -0.4 is 5.73 Å². The van der Waals surface area contributed by atoms with Crippen LogP contribution in [0.2, 0.25) is 0 Å². The van der Waals surface area contributed by atoms with Gasteiger partial charge in [0.2, 0.25) is 0 Å². The monoisotopic (exact) mass is 237 g/mol. The number of aromatic nitrogens is 2. The number of nitrogens with two attached hydrogens (primary N) is 1. The van der Waals surface area contributed by atoms with Gasteiger partial charge in [-0.15, -0.1) is 0 Å². The normalized spacial score (nSPS) is 14.9. The van der Waals surface area contributed by atoms with Gasteiger partial charge in [0, 0.05) is 6.20 Å². The number of nitrogens with zero attached hydrogens (tertiary/aromatic N) is 2. The number of aliphatic hydroxyl groups is 1. The van der Waals surface area contributed by atoms with E-state index in [-0.39, 0.29) is 18.7 Å². The summed E-state index contributed by atoms with van der Waals surface area (Å²) < 4.78 is 2.00. The van der Waals surface area contributed by atoms with Crippen LogP contribution in [0.1, 0.15) is 30.3 Å². The molecule has 2 rings (SSSR count). The highest BCUT2D eigenvalue weighted by Crippen LogP contribution is 2.23. The predicted molar refractivity (Wildman–Crippen MR) is 64.4 cm³/mol. The van der Waals surface area contributed by atoms with Crippen LogP contribution in [-0.4, -0.2) is 21.3 Å². The molecule has 4 nitrogen and oxygen atoms in total. The van der Waals surface area contributed by atoms with Crippen molar-refractivity contribution in [2.75, 3.05) is 6.61 Å². The summed E-state index contributed by atoms with van der Waals surface area (Å²) in [7, 11) is 0. The summed E-state index contributed by atoms with van der Waals surface area (Å²) in [6.45, 7) is 2.03. The van der Waals surface area contributed by atoms with E-state index in [0.29, 0.717) is 0 Å². The summed E-state index contributed by atoms with van der Waals surface area (Å²) >= 11 is 1.67. The number of hydrogen-bond acceptors (Lipinski definition) is 4. The summed E-state index contributed by atoms with van der Waals surface area (Å²) in [5.74, 6) is 0. The molecule has 0 aliphatic heterocycles. The minimum absolute atomic E-state index is 0.0674. The average Bonchev–Trinajstić information content (AvgIpc) is 2.97. The second kappa shape index (κ2) is 4.78. The second-order valence-corrected chi connectivity index (χ2v) is 4.53. The van der Waals surface area contributed by atoms with Gasteiger partial charge in [-0.25, -0.2) is 4.98 Å². The van der Waals surface area contributed by atoms with Crippen LogP contribution in [0.5, 0.6) is 0 Å². The van der Waals surface area contributed by atoms with Crippen LogP contribution >= 0.6 is 11.3 Å². The van der Waals surface area contributed by atoms with E-state index in [2.05, 4.69) is 28.7 Å². The van der Waals surface area contributed by atoms with Crippen molar-refractivity contribution in [2.24, 2.45) is 5.73 Å². The molecule has 3 N–H and O–H groups in total. The summed E-state index contributed by atoms with van der Waals surface area (Å²) in [5, 5.41) is 13.2. The van der Waals surface area contributed by atoms with Crippen LogP contribution in [-0.2, 0) is 0 Å². The highest BCUT2D eigenvalue weighted by molar-refractivity contribution is 7.07. The number of thiophene rings is 1. The summed E-state index contributed by atoms with van der Waals surface area (Å²) in [6.07, 6.45) is 3.47. The van der Waals surface area contributed by atoms with Crippen molar-refractivity contribution in [3.05, 3.63) is 40.6 Å². The highest BCUT2D eigenvalue weighted by atomic mass is 32.1. The van der Waals surface area contributed by atoms with Gasteiger partial charge in [0.15, 0.2) is 0 Å². The molecular formula is C11H15N3OS. The Morgan fingerprint density at radius 3 is 3.06 bits per heavy atom. The zero-order valence-electron chi connectivity index (χ0n) is 9.08. The van der Waals surface area contributed by atoms with Gasteiger partial charge < -0.3 is 15.4 Å². The maximum absolute atomic E-state index is 9.08. The number of imidazole rings is 1. The van der Waals surface area contributed by atoms with Gasteiger partial charge in [-0.05, 0) is 29.3 Å². The standard InChI is InChI=1S/C11H15N3OS/c1-8(9-2-3-16-6-9)14-7-13-4-11(14)10(12)5-15/h2-4,6-8,10,15H,5,12H2,1H3. The van der Waals surface area contributed by atoms with Crippen LogP contribution in [0.4, 0.5) is 0 Å². The Morgan fingerprint density at radius 1 is 1.62 bits per heavy atom. The van der Waals surface area contributed by atoms with Gasteiger partial charge in [-0.2, -0.15) is 11.3 Å². The molecule has 0 radical (unpaired) electrons. The van der Waals surface area contributed by atoms with E-state index in [9.17, 15) is 0 Å². The van der Waals surface area contributed by atoms with E-state index in [0.717, 1.165) is 5.69 Å². The molecule has 0 spiro atoms. The molecule has 2 aromatic heterocycles. The van der Waals surface area contributed by atoms with E-state index in [1.54, 1.807) is 23.9 Å². The van der Waals surface area contributed by atoms with E-state index in [1.807, 2.05) is 4.57 Å². The summed E-state index contributed by atoms with van der Waals surface area (Å²) in [4.78, 5) is 4.10. The third kappa shape index (κ3) is 2.02. The van der Waals surface area contributed by atoms with Crippen molar-refractivity contribution >= 4 is 11.3 Å². The quantitative estimate of drug-likeness (QED) is 0.848. The topological polar surface area (TPSA) is 64.1 Å². The van der Waals surface area contributed by atoms with Crippen LogP contribution in [0.3, 0.4) is 0 Å². The summed E-state index contributed by atoms with van der Waals surface area (Å²) in [5.41, 5.74) is 7.92. The average molecular weight is 237 g/mol. The van der Waals surface area contributed by atoms with Crippen LogP contribution in [0.25, 0.3) is 0 Å². The largest absolute Gasteiger partial charge is 0.394 e. The van der Waals surface area contributed by atoms with Crippen molar-refractivity contribution in [2.45, 2.75) is 19.0 Å². The molecular weight excluding hydrogens is 222 g/mol. The molecule has 2 atom stereocenters. The molecule has 0 amide bonds. The van der Waals surface area contributed by atoms with E-state index in [1.165, 1.54) is 5.56 Å². The van der Waals surface area contributed by atoms with Gasteiger partial charge >= 0.3 is 0 Å². The Hall–Kier alpha value is -1.17. The van der Waals surface area contributed by atoms with Crippen LogP contribution in [0, 0.1) is 0 Å². The minimum Gasteiger partial charge on any atom is -0.394 e. The molecule has 0 aliphatic carbocycles. The Labute approximate surface area is 98.4 Å². The van der Waals surface area contributed by atoms with Crippen molar-refractivity contribution in [3.8, 4) is 0 Å². The molecule has 0 aliphatic rings. The lowest BCUT2D eigenvalue weighted by molar-refractivity contribution is 0.262. The number of aliphatic hydroxyl groups excluding tert-OH is 1. The zero-order valence-corrected chi connectivity index (χ0v) is 9.89. The number of rotatable bonds is 4. The van der Waals surface area contributed by atoms with Crippen molar-refractivity contribution in [1.82, 2.24) is 9.55 Å². The lowest BCUT2D eigenvalue weighted by Crippen LogP contribution is -2.20. The molecule has 2 aromatic rings. The Balaban J connectivity index is 2.30. The summed E-state index contributed by atoms with van der Waals surface area (Å²) in [6, 6.07) is 1.91. The van der Waals surface area contributed by atoms with E-state index >= 15 is 0 Å². The molecule has 0 fully saturated rings. The molecule has 2 unspecified atom stereocenters. The highest BCUT2D eigenvalue weighted by Gasteiger charge is 2.15. The zero-order chi connectivity index (χ0) is 11.5. The first-order valence-electron chi connectivity index (χ1n) is 5.14. The fourth-order valence-corrected chi connectivity index (χ4v) is 2.44. The van der Waals surface area contributed by atoms with E-state index in [4.69, 9.17) is 10.8 Å². The smallest absolute Gasteiger partial charge is 0.0954 e. The van der Waals surface area contributed by atoms with Gasteiger partial charge in [-0.1, -0.05) is 0 Å². The lowest BCUT2D eigenvalue weighted by atomic mass is 10.1. The molecule has 0 saturated carbocycles. The third-order valence-electron chi connectivity index (χ3n) is 2.72. The Kier molecular flexibility index (Phi) is 3.38. The molecule has 16 heavy (non-hydrogen) atoms. The molecule has 2 heterocycles. The van der Waals surface area contributed by atoms with Gasteiger partial charge in [-0.3, -0.25) is 0 Å². The molecule has 86 valence electrons. The fraction of sp³-hybridized carbons (Fsp3) is 0.364. The van der Waals surface area contributed by atoms with Crippen molar-refractivity contribution in [3.63, 3.8) is 0 Å². The molecule has 0 aromatic carbocycles. The molecule has 5 heteroatoms. The van der Waals surface area contributed by atoms with Crippen molar-refractivity contribution < 1.29 is 5.11 Å². The number of hydrogen-bond donors (Lipinski definition) is 2. The fourth-order valence-electron chi connectivity index (χ4n) is 1.69. The van der Waals surface area contributed by atoms with Crippen LogP contribution in [0.15, 0.2) is 29.4 Å². The van der Waals surface area contributed by atoms with Gasteiger partial charge in [0.1, 0.15) is 0 Å². The predicted octanol–water partition coefficient (Wildman–Crippen LogP) is 1.55. The Bertz CT molecular complexity index is 438. The first-order valence-corrected chi connectivity index (χ1v) is 6.08. The Morgan fingerprint density at radius 2 is 2.44 bits per heavy atom. The second-order valence-electron chi connectivity index (χ2n) is 3.75. The molecule has 0 saturated heterocycles. The lowest BCUT2D eigenvalue weighted by Gasteiger charge is -2.18. The first kappa shape index (κ1) is 11.3. The third-order valence-corrected chi connectivity index (χ3v) is 3.42. The molecule has 0 bridgehead atoms. The first-order chi connectivity index (χ1) is 7.74.